The normalized spacial score (nSPS) is 12.4. The van der Waals surface area contributed by atoms with Gasteiger partial charge in [-0.3, -0.25) is 4.40 Å². The zero-order valence-corrected chi connectivity index (χ0v) is 13.0. The third-order valence-corrected chi connectivity index (χ3v) is 5.56. The number of fused-ring (bicyclic) bond motifs is 1. The van der Waals surface area contributed by atoms with Crippen molar-refractivity contribution in [2.24, 2.45) is 0 Å². The molecule has 2 aromatic rings. The Morgan fingerprint density at radius 1 is 1.47 bits per heavy atom. The van der Waals surface area contributed by atoms with Crippen molar-refractivity contribution < 1.29 is 8.42 Å². The first kappa shape index (κ1) is 14.6. The predicted octanol–water partition coefficient (Wildman–Crippen LogP) is 1.97. The van der Waals surface area contributed by atoms with Crippen LogP contribution in [-0.2, 0) is 10.0 Å². The summed E-state index contributed by atoms with van der Waals surface area (Å²) >= 11 is 7.58. The SMILES string of the molecule is CSCCN(C)S(=O)(=O)c1c(Cl)nc2ccccn12. The van der Waals surface area contributed by atoms with Gasteiger partial charge in [0, 0.05) is 25.5 Å². The van der Waals surface area contributed by atoms with E-state index in [9.17, 15) is 8.42 Å². The first-order valence-corrected chi connectivity index (χ1v) is 8.77. The molecule has 0 radical (unpaired) electrons. The van der Waals surface area contributed by atoms with Crippen LogP contribution in [0.4, 0.5) is 0 Å². The summed E-state index contributed by atoms with van der Waals surface area (Å²) in [6.07, 6.45) is 3.57. The molecule has 19 heavy (non-hydrogen) atoms. The fourth-order valence-corrected chi connectivity index (χ4v) is 3.99. The number of aromatic nitrogens is 2. The molecule has 0 aromatic carbocycles. The van der Waals surface area contributed by atoms with Crippen LogP contribution in [-0.4, -0.2) is 47.7 Å². The molecule has 0 bridgehead atoms. The Hall–Kier alpha value is -0.760. The number of nitrogens with zero attached hydrogens (tertiary/aromatic N) is 3. The van der Waals surface area contributed by atoms with Crippen LogP contribution >= 0.6 is 23.4 Å². The summed E-state index contributed by atoms with van der Waals surface area (Å²) in [7, 11) is -2.09. The maximum Gasteiger partial charge on any atom is 0.262 e. The fourth-order valence-electron chi connectivity index (χ4n) is 1.66. The molecule has 104 valence electrons. The summed E-state index contributed by atoms with van der Waals surface area (Å²) in [4.78, 5) is 4.06. The Balaban J connectivity index is 2.51. The first-order chi connectivity index (χ1) is 8.98. The first-order valence-electron chi connectivity index (χ1n) is 5.56. The standard InChI is InChI=1S/C11H14ClN3O2S2/c1-14(7-8-18-2)19(16,17)11-10(12)13-9-5-3-4-6-15(9)11/h3-6H,7-8H2,1-2H3. The number of imidazole rings is 1. The van der Waals surface area contributed by atoms with Gasteiger partial charge in [0.25, 0.3) is 10.0 Å². The van der Waals surface area contributed by atoms with Crippen LogP contribution in [0.15, 0.2) is 29.4 Å². The monoisotopic (exact) mass is 319 g/mol. The molecule has 2 heterocycles. The van der Waals surface area contributed by atoms with Gasteiger partial charge in [0.05, 0.1) is 0 Å². The van der Waals surface area contributed by atoms with Gasteiger partial charge in [-0.15, -0.1) is 0 Å². The molecule has 8 heteroatoms. The highest BCUT2D eigenvalue weighted by molar-refractivity contribution is 7.98. The van der Waals surface area contributed by atoms with Crippen molar-refractivity contribution in [3.05, 3.63) is 29.5 Å². The molecule has 2 aromatic heterocycles. The molecular weight excluding hydrogens is 306 g/mol. The van der Waals surface area contributed by atoms with Crippen LogP contribution in [0, 0.1) is 0 Å². The quantitative estimate of drug-likeness (QED) is 0.845. The molecule has 0 amide bonds. The fraction of sp³-hybridized carbons (Fsp3) is 0.364. The van der Waals surface area contributed by atoms with E-state index in [0.29, 0.717) is 12.2 Å². The van der Waals surface area contributed by atoms with Gasteiger partial charge in [-0.25, -0.2) is 13.4 Å². The van der Waals surface area contributed by atoms with Gasteiger partial charge < -0.3 is 0 Å². The maximum absolute atomic E-state index is 12.5. The number of pyridine rings is 1. The molecule has 0 aliphatic rings. The van der Waals surface area contributed by atoms with Gasteiger partial charge in [-0.05, 0) is 18.4 Å². The Morgan fingerprint density at radius 2 is 2.21 bits per heavy atom. The summed E-state index contributed by atoms with van der Waals surface area (Å²) in [5.41, 5.74) is 0.518. The van der Waals surface area contributed by atoms with E-state index in [-0.39, 0.29) is 10.2 Å². The lowest BCUT2D eigenvalue weighted by Gasteiger charge is -2.16. The van der Waals surface area contributed by atoms with Crippen molar-refractivity contribution in [1.29, 1.82) is 0 Å². The van der Waals surface area contributed by atoms with E-state index in [1.54, 1.807) is 43.2 Å². The third kappa shape index (κ3) is 2.74. The molecule has 0 N–H and O–H groups in total. The molecular formula is C11H14ClN3O2S2. The number of hydrogen-bond acceptors (Lipinski definition) is 4. The lowest BCUT2D eigenvalue weighted by molar-refractivity contribution is 0.484. The summed E-state index contributed by atoms with van der Waals surface area (Å²) in [6.45, 7) is 0.430. The van der Waals surface area contributed by atoms with Crippen LogP contribution in [0.2, 0.25) is 5.15 Å². The average Bonchev–Trinajstić information content (AvgIpc) is 2.72. The highest BCUT2D eigenvalue weighted by Crippen LogP contribution is 2.25. The molecule has 0 aliphatic heterocycles. The zero-order chi connectivity index (χ0) is 14.0. The van der Waals surface area contributed by atoms with Gasteiger partial charge in [0.15, 0.2) is 10.2 Å². The van der Waals surface area contributed by atoms with E-state index >= 15 is 0 Å². The molecule has 0 unspecified atom stereocenters. The molecule has 0 atom stereocenters. The number of rotatable bonds is 5. The number of halogens is 1. The topological polar surface area (TPSA) is 54.7 Å². The Bertz CT molecular complexity index is 684. The second kappa shape index (κ2) is 5.70. The number of thioether (sulfide) groups is 1. The number of sulfonamides is 1. The second-order valence-electron chi connectivity index (χ2n) is 3.96. The molecule has 0 saturated carbocycles. The zero-order valence-electron chi connectivity index (χ0n) is 10.6. The van der Waals surface area contributed by atoms with Crippen molar-refractivity contribution in [3.8, 4) is 0 Å². The number of hydrogen-bond donors (Lipinski definition) is 0. The maximum atomic E-state index is 12.5. The van der Waals surface area contributed by atoms with Crippen LogP contribution in [0.1, 0.15) is 0 Å². The molecule has 0 fully saturated rings. The molecule has 0 aliphatic carbocycles. The third-order valence-electron chi connectivity index (χ3n) is 2.71. The van der Waals surface area contributed by atoms with E-state index in [1.807, 2.05) is 6.26 Å². The minimum Gasteiger partial charge on any atom is -0.288 e. The van der Waals surface area contributed by atoms with Gasteiger partial charge in [-0.1, -0.05) is 17.7 Å². The Kier molecular flexibility index (Phi) is 4.39. The van der Waals surface area contributed by atoms with Crippen molar-refractivity contribution in [2.45, 2.75) is 5.03 Å². The van der Waals surface area contributed by atoms with Crippen LogP contribution in [0.3, 0.4) is 0 Å². The summed E-state index contributed by atoms with van der Waals surface area (Å²) in [6, 6.07) is 5.24. The van der Waals surface area contributed by atoms with Crippen molar-refractivity contribution >= 4 is 39.0 Å². The minimum atomic E-state index is -3.64. The summed E-state index contributed by atoms with van der Waals surface area (Å²) < 4.78 is 27.8. The van der Waals surface area contributed by atoms with Gasteiger partial charge >= 0.3 is 0 Å². The van der Waals surface area contributed by atoms with Crippen molar-refractivity contribution in [2.75, 3.05) is 25.6 Å². The van der Waals surface area contributed by atoms with E-state index in [2.05, 4.69) is 4.98 Å². The van der Waals surface area contributed by atoms with Gasteiger partial charge in [-0.2, -0.15) is 16.1 Å². The van der Waals surface area contributed by atoms with Crippen molar-refractivity contribution in [3.63, 3.8) is 0 Å². The lowest BCUT2D eigenvalue weighted by Crippen LogP contribution is -2.30. The van der Waals surface area contributed by atoms with Crippen LogP contribution in [0.25, 0.3) is 5.65 Å². The van der Waals surface area contributed by atoms with Crippen LogP contribution < -0.4 is 0 Å². The van der Waals surface area contributed by atoms with Gasteiger partial charge in [0.2, 0.25) is 0 Å². The average molecular weight is 320 g/mol. The molecule has 0 spiro atoms. The molecule has 2 rings (SSSR count). The van der Waals surface area contributed by atoms with E-state index in [1.165, 1.54) is 8.71 Å². The largest absolute Gasteiger partial charge is 0.288 e. The minimum absolute atomic E-state index is 0.00204. The highest BCUT2D eigenvalue weighted by Gasteiger charge is 2.28. The van der Waals surface area contributed by atoms with E-state index in [0.717, 1.165) is 5.75 Å². The van der Waals surface area contributed by atoms with E-state index in [4.69, 9.17) is 11.6 Å². The van der Waals surface area contributed by atoms with E-state index < -0.39 is 10.0 Å². The Morgan fingerprint density at radius 3 is 2.89 bits per heavy atom. The molecule has 5 nitrogen and oxygen atoms in total. The summed E-state index contributed by atoms with van der Waals surface area (Å²) in [5, 5.41) is 0.0237. The predicted molar refractivity (Wildman–Crippen MR) is 78.4 cm³/mol. The van der Waals surface area contributed by atoms with Crippen LogP contribution in [0.5, 0.6) is 0 Å². The summed E-state index contributed by atoms with van der Waals surface area (Å²) in [5.74, 6) is 0.726. The molecule has 0 saturated heterocycles. The van der Waals surface area contributed by atoms with Gasteiger partial charge in [0.1, 0.15) is 5.65 Å². The Labute approximate surface area is 121 Å². The highest BCUT2D eigenvalue weighted by atomic mass is 35.5. The lowest BCUT2D eigenvalue weighted by atomic mass is 10.5. The smallest absolute Gasteiger partial charge is 0.262 e. The van der Waals surface area contributed by atoms with Crippen molar-refractivity contribution in [1.82, 2.24) is 13.7 Å². The second-order valence-corrected chi connectivity index (χ2v) is 7.26.